The van der Waals surface area contributed by atoms with Gasteiger partial charge in [0.1, 0.15) is 5.60 Å². The highest BCUT2D eigenvalue weighted by atomic mass is 19.4. The van der Waals surface area contributed by atoms with E-state index in [4.69, 9.17) is 10.5 Å². The van der Waals surface area contributed by atoms with Crippen molar-refractivity contribution >= 4 is 6.09 Å². The molecule has 0 rings (SSSR count). The summed E-state index contributed by atoms with van der Waals surface area (Å²) in [6.07, 6.45) is -9.06. The van der Waals surface area contributed by atoms with Crippen LogP contribution in [0.15, 0.2) is 0 Å². The highest BCUT2D eigenvalue weighted by molar-refractivity contribution is 5.67. The van der Waals surface area contributed by atoms with Crippen LogP contribution in [0.1, 0.15) is 27.7 Å². The molecule has 8 heteroatoms. The maximum Gasteiger partial charge on any atom is 0.420 e. The lowest BCUT2D eigenvalue weighted by Gasteiger charge is -2.33. The second kappa shape index (κ2) is 5.94. The molecule has 2 unspecified atom stereocenters. The third-order valence-electron chi connectivity index (χ3n) is 2.40. The second-order valence-corrected chi connectivity index (χ2v) is 5.62. The third-order valence-corrected chi connectivity index (χ3v) is 2.40. The minimum Gasteiger partial charge on any atom is -0.444 e. The number of nitrogens with two attached hydrogens (primary N) is 1. The van der Waals surface area contributed by atoms with Gasteiger partial charge in [-0.1, -0.05) is 6.92 Å². The molecule has 4 nitrogen and oxygen atoms in total. The summed E-state index contributed by atoms with van der Waals surface area (Å²) >= 11 is 0. The van der Waals surface area contributed by atoms with Gasteiger partial charge in [0.05, 0.1) is 0 Å². The van der Waals surface area contributed by atoms with E-state index in [0.29, 0.717) is 0 Å². The first-order valence-corrected chi connectivity index (χ1v) is 5.69. The number of nitrogens with one attached hydrogen (secondary N) is 1. The predicted molar refractivity (Wildman–Crippen MR) is 62.3 cm³/mol. The lowest BCUT2D eigenvalue weighted by atomic mass is 9.84. The Morgan fingerprint density at radius 2 is 1.74 bits per heavy atom. The van der Waals surface area contributed by atoms with Crippen LogP contribution in [0.2, 0.25) is 0 Å². The minimum atomic E-state index is -5.02. The van der Waals surface area contributed by atoms with Crippen LogP contribution in [0.25, 0.3) is 0 Å². The van der Waals surface area contributed by atoms with Crippen molar-refractivity contribution in [3.05, 3.63) is 0 Å². The van der Waals surface area contributed by atoms with E-state index in [1.54, 1.807) is 20.8 Å². The Morgan fingerprint density at radius 1 is 1.26 bits per heavy atom. The molecule has 0 fully saturated rings. The van der Waals surface area contributed by atoms with Crippen LogP contribution in [0, 0.1) is 5.41 Å². The number of ether oxygens (including phenoxy) is 1. The summed E-state index contributed by atoms with van der Waals surface area (Å²) in [5.41, 5.74) is 2.46. The Morgan fingerprint density at radius 3 is 2.05 bits per heavy atom. The van der Waals surface area contributed by atoms with E-state index in [2.05, 4.69) is 5.32 Å². The molecule has 0 aliphatic heterocycles. The Labute approximate surface area is 109 Å². The summed E-state index contributed by atoms with van der Waals surface area (Å²) in [4.78, 5) is 11.3. The van der Waals surface area contributed by atoms with Gasteiger partial charge < -0.3 is 15.8 Å². The number of amides is 1. The number of carbonyl (C=O) groups excluding carboxylic acids is 1. The van der Waals surface area contributed by atoms with E-state index >= 15 is 0 Å². The largest absolute Gasteiger partial charge is 0.444 e. The molecule has 0 saturated carbocycles. The van der Waals surface area contributed by atoms with Gasteiger partial charge >= 0.3 is 12.3 Å². The molecule has 0 aliphatic rings. The molecule has 2 atom stereocenters. The van der Waals surface area contributed by atoms with Crippen molar-refractivity contribution in [3.63, 3.8) is 0 Å². The summed E-state index contributed by atoms with van der Waals surface area (Å²) in [7, 11) is 0. The zero-order valence-electron chi connectivity index (χ0n) is 11.4. The summed E-state index contributed by atoms with van der Waals surface area (Å²) in [5.74, 6) is 0. The first-order chi connectivity index (χ1) is 8.32. The fourth-order valence-corrected chi connectivity index (χ4v) is 1.25. The van der Waals surface area contributed by atoms with Crippen molar-refractivity contribution in [1.29, 1.82) is 0 Å². The molecular weight excluding hydrogens is 268 g/mol. The average Bonchev–Trinajstić information content (AvgIpc) is 2.21. The van der Waals surface area contributed by atoms with E-state index in [1.807, 2.05) is 0 Å². The van der Waals surface area contributed by atoms with Gasteiger partial charge in [0.2, 0.25) is 6.17 Å². The van der Waals surface area contributed by atoms with E-state index < -0.39 is 42.5 Å². The van der Waals surface area contributed by atoms with E-state index in [0.717, 1.165) is 6.92 Å². The monoisotopic (exact) mass is 288 g/mol. The topological polar surface area (TPSA) is 64.3 Å². The van der Waals surface area contributed by atoms with E-state index in [9.17, 15) is 22.4 Å². The molecule has 0 radical (unpaired) electrons. The number of carbonyl (C=O) groups is 1. The second-order valence-electron chi connectivity index (χ2n) is 5.62. The molecular formula is C11H20F4N2O2. The summed E-state index contributed by atoms with van der Waals surface area (Å²) in [6, 6.07) is 0. The van der Waals surface area contributed by atoms with Crippen molar-refractivity contribution in [1.82, 2.24) is 5.32 Å². The van der Waals surface area contributed by atoms with Crippen LogP contribution in [0.4, 0.5) is 22.4 Å². The molecule has 0 aromatic carbocycles. The molecule has 0 bridgehead atoms. The maximum absolute atomic E-state index is 13.4. The Balaban J connectivity index is 4.61. The molecule has 0 saturated heterocycles. The average molecular weight is 288 g/mol. The normalized spacial score (nSPS) is 17.5. The van der Waals surface area contributed by atoms with Crippen LogP contribution < -0.4 is 11.1 Å². The number of alkyl carbamates (subject to hydrolysis) is 1. The molecule has 19 heavy (non-hydrogen) atoms. The molecule has 0 aliphatic carbocycles. The highest BCUT2D eigenvalue weighted by Gasteiger charge is 2.51. The Bertz CT molecular complexity index is 315. The molecule has 0 aromatic heterocycles. The summed E-state index contributed by atoms with van der Waals surface area (Å²) < 4.78 is 55.3. The van der Waals surface area contributed by atoms with Crippen LogP contribution in [-0.4, -0.2) is 37.1 Å². The lowest BCUT2D eigenvalue weighted by molar-refractivity contribution is -0.208. The molecule has 114 valence electrons. The van der Waals surface area contributed by atoms with Gasteiger partial charge in [-0.15, -0.1) is 0 Å². The van der Waals surface area contributed by atoms with Crippen molar-refractivity contribution in [2.24, 2.45) is 11.1 Å². The molecule has 0 aromatic rings. The van der Waals surface area contributed by atoms with Gasteiger partial charge in [0.25, 0.3) is 0 Å². The third kappa shape index (κ3) is 6.09. The summed E-state index contributed by atoms with van der Waals surface area (Å²) in [5, 5.41) is 2.10. The number of alkyl halides is 4. The van der Waals surface area contributed by atoms with Gasteiger partial charge in [-0.05, 0) is 20.8 Å². The van der Waals surface area contributed by atoms with Gasteiger partial charge in [0, 0.05) is 18.5 Å². The molecule has 0 heterocycles. The molecule has 1 amide bonds. The van der Waals surface area contributed by atoms with Crippen molar-refractivity contribution in [2.45, 2.75) is 45.6 Å². The van der Waals surface area contributed by atoms with E-state index in [1.165, 1.54) is 0 Å². The van der Waals surface area contributed by atoms with E-state index in [-0.39, 0.29) is 0 Å². The number of hydrogen-bond acceptors (Lipinski definition) is 3. The van der Waals surface area contributed by atoms with Crippen LogP contribution in [-0.2, 0) is 4.74 Å². The van der Waals surface area contributed by atoms with Crippen LogP contribution >= 0.6 is 0 Å². The van der Waals surface area contributed by atoms with Gasteiger partial charge in [0.15, 0.2) is 0 Å². The zero-order chi connectivity index (χ0) is 15.5. The SMILES string of the molecule is CC(C)(C)OC(=O)NCC(C)(CN)C(F)C(F)(F)F. The Hall–Kier alpha value is -1.05. The fraction of sp³-hybridized carbons (Fsp3) is 0.909. The number of hydrogen-bond donors (Lipinski definition) is 2. The summed E-state index contributed by atoms with van der Waals surface area (Å²) in [6.45, 7) is 4.68. The smallest absolute Gasteiger partial charge is 0.420 e. The van der Waals surface area contributed by atoms with Crippen LogP contribution in [0.3, 0.4) is 0 Å². The van der Waals surface area contributed by atoms with Gasteiger partial charge in [-0.3, -0.25) is 0 Å². The standard InChI is InChI=1S/C11H20F4N2O2/c1-9(2,3)19-8(18)17-6-10(4,5-16)7(12)11(13,14)15/h7H,5-6,16H2,1-4H3,(H,17,18). The zero-order valence-corrected chi connectivity index (χ0v) is 11.4. The maximum atomic E-state index is 13.4. The highest BCUT2D eigenvalue weighted by Crippen LogP contribution is 2.35. The van der Waals surface area contributed by atoms with Crippen molar-refractivity contribution in [3.8, 4) is 0 Å². The predicted octanol–water partition coefficient (Wildman–Crippen LogP) is 2.38. The van der Waals surface area contributed by atoms with Gasteiger partial charge in [-0.25, -0.2) is 9.18 Å². The van der Waals surface area contributed by atoms with Gasteiger partial charge in [-0.2, -0.15) is 13.2 Å². The fourth-order valence-electron chi connectivity index (χ4n) is 1.25. The first kappa shape index (κ1) is 17.9. The lowest BCUT2D eigenvalue weighted by Crippen LogP contribution is -2.52. The number of halogens is 4. The van der Waals surface area contributed by atoms with Crippen molar-refractivity contribution in [2.75, 3.05) is 13.1 Å². The number of rotatable bonds is 4. The minimum absolute atomic E-state index is 0.566. The van der Waals surface area contributed by atoms with Crippen molar-refractivity contribution < 1.29 is 27.1 Å². The molecule has 3 N–H and O–H groups in total. The molecule has 0 spiro atoms. The van der Waals surface area contributed by atoms with Crippen LogP contribution in [0.5, 0.6) is 0 Å². The quantitative estimate of drug-likeness (QED) is 0.781. The first-order valence-electron chi connectivity index (χ1n) is 5.69. The Kier molecular flexibility index (Phi) is 5.61.